The van der Waals surface area contributed by atoms with E-state index in [0.717, 1.165) is 12.2 Å². The van der Waals surface area contributed by atoms with Gasteiger partial charge in [-0.2, -0.15) is 0 Å². The van der Waals surface area contributed by atoms with Crippen molar-refractivity contribution in [3.05, 3.63) is 17.5 Å². The molecule has 1 aliphatic carbocycles. The molecule has 1 aromatic rings. The summed E-state index contributed by atoms with van der Waals surface area (Å²) in [6.45, 7) is 7.49. The second-order valence-corrected chi connectivity index (χ2v) is 5.08. The predicted octanol–water partition coefficient (Wildman–Crippen LogP) is 2.26. The Labute approximate surface area is 84.9 Å². The van der Waals surface area contributed by atoms with Crippen LogP contribution in [0.5, 0.6) is 0 Å². The summed E-state index contributed by atoms with van der Waals surface area (Å²) in [5.74, 6) is 0. The lowest BCUT2D eigenvalue weighted by Gasteiger charge is -2.43. The predicted molar refractivity (Wildman–Crippen MR) is 54.9 cm³/mol. The number of hydrogen-bond acceptors (Lipinski definition) is 3. The minimum atomic E-state index is 0.543. The fourth-order valence-electron chi connectivity index (χ4n) is 2.16. The number of hydrogen-bond donors (Lipinski definition) is 1. The van der Waals surface area contributed by atoms with Crippen molar-refractivity contribution >= 4 is 0 Å². The maximum atomic E-state index is 4.88. The Morgan fingerprint density at radius 1 is 1.57 bits per heavy atom. The van der Waals surface area contributed by atoms with Gasteiger partial charge < -0.3 is 9.84 Å². The van der Waals surface area contributed by atoms with Crippen LogP contribution in [0.3, 0.4) is 0 Å². The first kappa shape index (κ1) is 9.71. The summed E-state index contributed by atoms with van der Waals surface area (Å²) < 4.78 is 4.88. The van der Waals surface area contributed by atoms with Crippen molar-refractivity contribution in [2.24, 2.45) is 5.41 Å². The first-order valence-electron chi connectivity index (χ1n) is 5.20. The molecule has 0 atom stereocenters. The van der Waals surface area contributed by atoms with Crippen LogP contribution in [-0.4, -0.2) is 11.2 Å². The topological polar surface area (TPSA) is 38.1 Å². The van der Waals surface area contributed by atoms with Crippen LogP contribution in [0.25, 0.3) is 0 Å². The van der Waals surface area contributed by atoms with Gasteiger partial charge in [-0.3, -0.25) is 0 Å². The lowest BCUT2D eigenvalue weighted by atomic mass is 9.68. The van der Waals surface area contributed by atoms with Gasteiger partial charge in [-0.15, -0.1) is 0 Å². The van der Waals surface area contributed by atoms with Gasteiger partial charge in [0.2, 0.25) is 0 Å². The van der Waals surface area contributed by atoms with Gasteiger partial charge in [-0.1, -0.05) is 19.0 Å². The highest BCUT2D eigenvalue weighted by Crippen LogP contribution is 2.39. The van der Waals surface area contributed by atoms with Gasteiger partial charge in [0, 0.05) is 18.2 Å². The van der Waals surface area contributed by atoms with Crippen molar-refractivity contribution in [3.8, 4) is 0 Å². The fourth-order valence-corrected chi connectivity index (χ4v) is 2.16. The third-order valence-corrected chi connectivity index (χ3v) is 3.03. The lowest BCUT2D eigenvalue weighted by molar-refractivity contribution is 0.125. The second kappa shape index (κ2) is 3.39. The standard InChI is InChI=1S/C11H18N2O/c1-8-9(7-14-13-8)6-12-10-4-11(2,3)5-10/h7,10,12H,4-6H2,1-3H3. The number of rotatable bonds is 3. The van der Waals surface area contributed by atoms with E-state index in [1.165, 1.54) is 18.4 Å². The van der Waals surface area contributed by atoms with E-state index < -0.39 is 0 Å². The van der Waals surface area contributed by atoms with E-state index in [9.17, 15) is 0 Å². The summed E-state index contributed by atoms with van der Waals surface area (Å²) in [6.07, 6.45) is 4.28. The van der Waals surface area contributed by atoms with Crippen LogP contribution >= 0.6 is 0 Å². The summed E-state index contributed by atoms with van der Waals surface area (Å²) in [4.78, 5) is 0. The van der Waals surface area contributed by atoms with Crippen molar-refractivity contribution in [1.29, 1.82) is 0 Å². The van der Waals surface area contributed by atoms with Crippen LogP contribution in [0.2, 0.25) is 0 Å². The molecule has 14 heavy (non-hydrogen) atoms. The molecule has 1 saturated carbocycles. The molecule has 0 aliphatic heterocycles. The highest BCUT2D eigenvalue weighted by Gasteiger charge is 2.35. The summed E-state index contributed by atoms with van der Waals surface area (Å²) in [7, 11) is 0. The Morgan fingerprint density at radius 2 is 2.29 bits per heavy atom. The van der Waals surface area contributed by atoms with Crippen molar-refractivity contribution in [2.75, 3.05) is 0 Å². The average Bonchev–Trinajstić information content (AvgIpc) is 2.44. The Balaban J connectivity index is 1.77. The molecule has 0 spiro atoms. The van der Waals surface area contributed by atoms with E-state index >= 15 is 0 Å². The molecule has 0 unspecified atom stereocenters. The van der Waals surface area contributed by atoms with Gasteiger partial charge >= 0.3 is 0 Å². The van der Waals surface area contributed by atoms with E-state index in [0.29, 0.717) is 11.5 Å². The van der Waals surface area contributed by atoms with Crippen LogP contribution in [0.4, 0.5) is 0 Å². The highest BCUT2D eigenvalue weighted by atomic mass is 16.5. The van der Waals surface area contributed by atoms with Crippen molar-refractivity contribution in [2.45, 2.75) is 46.2 Å². The molecule has 0 radical (unpaired) electrons. The van der Waals surface area contributed by atoms with Gasteiger partial charge in [-0.05, 0) is 25.2 Å². The molecule has 0 bridgehead atoms. The Morgan fingerprint density at radius 3 is 2.79 bits per heavy atom. The Bertz CT molecular complexity index is 309. The monoisotopic (exact) mass is 194 g/mol. The summed E-state index contributed by atoms with van der Waals surface area (Å²) in [5, 5.41) is 7.37. The zero-order chi connectivity index (χ0) is 10.2. The SMILES string of the molecule is Cc1nocc1CNC1CC(C)(C)C1. The van der Waals surface area contributed by atoms with Gasteiger partial charge in [-0.25, -0.2) is 0 Å². The Kier molecular flexibility index (Phi) is 2.35. The molecule has 0 saturated heterocycles. The minimum absolute atomic E-state index is 0.543. The van der Waals surface area contributed by atoms with E-state index in [1.54, 1.807) is 6.26 Å². The van der Waals surface area contributed by atoms with Gasteiger partial charge in [0.25, 0.3) is 0 Å². The molecule has 1 N–H and O–H groups in total. The smallest absolute Gasteiger partial charge is 0.128 e. The maximum absolute atomic E-state index is 4.88. The quantitative estimate of drug-likeness (QED) is 0.802. The lowest BCUT2D eigenvalue weighted by Crippen LogP contribution is -2.45. The molecule has 3 heteroatoms. The molecule has 0 amide bonds. The maximum Gasteiger partial charge on any atom is 0.128 e. The van der Waals surface area contributed by atoms with E-state index in [-0.39, 0.29) is 0 Å². The number of aryl methyl sites for hydroxylation is 1. The third-order valence-electron chi connectivity index (χ3n) is 3.03. The third kappa shape index (κ3) is 1.98. The van der Waals surface area contributed by atoms with Gasteiger partial charge in [0.15, 0.2) is 0 Å². The second-order valence-electron chi connectivity index (χ2n) is 5.08. The largest absolute Gasteiger partial charge is 0.364 e. The molecular weight excluding hydrogens is 176 g/mol. The summed E-state index contributed by atoms with van der Waals surface area (Å²) in [5.41, 5.74) is 2.72. The fraction of sp³-hybridized carbons (Fsp3) is 0.727. The zero-order valence-corrected chi connectivity index (χ0v) is 9.13. The van der Waals surface area contributed by atoms with Crippen molar-refractivity contribution in [3.63, 3.8) is 0 Å². The van der Waals surface area contributed by atoms with Crippen LogP contribution < -0.4 is 5.32 Å². The van der Waals surface area contributed by atoms with Crippen molar-refractivity contribution in [1.82, 2.24) is 10.5 Å². The normalized spacial score (nSPS) is 20.8. The van der Waals surface area contributed by atoms with Crippen molar-refractivity contribution < 1.29 is 4.52 Å². The molecule has 0 aromatic carbocycles. The van der Waals surface area contributed by atoms with Crippen LogP contribution in [-0.2, 0) is 6.54 Å². The van der Waals surface area contributed by atoms with Crippen LogP contribution in [0, 0.1) is 12.3 Å². The molecule has 2 rings (SSSR count). The molecule has 1 fully saturated rings. The minimum Gasteiger partial charge on any atom is -0.364 e. The summed E-state index contributed by atoms with van der Waals surface area (Å²) in [6, 6.07) is 0.680. The van der Waals surface area contributed by atoms with Crippen LogP contribution in [0.1, 0.15) is 37.9 Å². The highest BCUT2D eigenvalue weighted by molar-refractivity contribution is 5.12. The molecule has 78 valence electrons. The van der Waals surface area contributed by atoms with Crippen LogP contribution in [0.15, 0.2) is 10.8 Å². The number of aromatic nitrogens is 1. The van der Waals surface area contributed by atoms with E-state index in [1.807, 2.05) is 6.92 Å². The molecule has 1 aromatic heterocycles. The number of nitrogens with zero attached hydrogens (tertiary/aromatic N) is 1. The van der Waals surface area contributed by atoms with E-state index in [2.05, 4.69) is 24.3 Å². The molecule has 3 nitrogen and oxygen atoms in total. The van der Waals surface area contributed by atoms with E-state index in [4.69, 9.17) is 4.52 Å². The molecule has 1 heterocycles. The molecular formula is C11H18N2O. The first-order valence-corrected chi connectivity index (χ1v) is 5.20. The molecule has 1 aliphatic rings. The Hall–Kier alpha value is -0.830. The van der Waals surface area contributed by atoms with Gasteiger partial charge in [0.05, 0.1) is 5.69 Å². The average molecular weight is 194 g/mol. The number of nitrogens with one attached hydrogen (secondary N) is 1. The zero-order valence-electron chi connectivity index (χ0n) is 9.13. The first-order chi connectivity index (χ1) is 6.57. The van der Waals surface area contributed by atoms with Gasteiger partial charge in [0.1, 0.15) is 6.26 Å². The summed E-state index contributed by atoms with van der Waals surface area (Å²) >= 11 is 0.